The van der Waals surface area contributed by atoms with Crippen molar-refractivity contribution in [3.63, 3.8) is 0 Å². The van der Waals surface area contributed by atoms with E-state index in [2.05, 4.69) is 90.1 Å². The SMILES string of the molecule is CC(C)(C)c1ccc(C(c2ccccc2)c2ccc(C(C)(C)C)o2)o1. The van der Waals surface area contributed by atoms with Gasteiger partial charge in [0, 0.05) is 10.8 Å². The first-order chi connectivity index (χ1) is 11.7. The van der Waals surface area contributed by atoms with Crippen LogP contribution in [0.15, 0.2) is 63.4 Å². The van der Waals surface area contributed by atoms with Crippen LogP contribution in [0, 0.1) is 0 Å². The first kappa shape index (κ1) is 17.6. The van der Waals surface area contributed by atoms with Gasteiger partial charge in [-0.15, -0.1) is 0 Å². The lowest BCUT2D eigenvalue weighted by Gasteiger charge is -2.18. The molecule has 0 atom stereocenters. The minimum Gasteiger partial charge on any atom is -0.464 e. The van der Waals surface area contributed by atoms with Gasteiger partial charge in [0.2, 0.25) is 0 Å². The minimum absolute atomic E-state index is 0.0147. The van der Waals surface area contributed by atoms with E-state index in [1.807, 2.05) is 6.07 Å². The molecule has 3 aromatic rings. The summed E-state index contributed by atoms with van der Waals surface area (Å²) in [4.78, 5) is 0. The zero-order valence-electron chi connectivity index (χ0n) is 16.1. The smallest absolute Gasteiger partial charge is 0.119 e. The lowest BCUT2D eigenvalue weighted by molar-refractivity contribution is 0.354. The van der Waals surface area contributed by atoms with Gasteiger partial charge in [-0.05, 0) is 29.8 Å². The van der Waals surface area contributed by atoms with E-state index in [0.717, 1.165) is 23.0 Å². The molecule has 1 aromatic carbocycles. The molecule has 0 radical (unpaired) electrons. The van der Waals surface area contributed by atoms with Crippen LogP contribution in [-0.2, 0) is 10.8 Å². The molecule has 0 unspecified atom stereocenters. The first-order valence-corrected chi connectivity index (χ1v) is 8.91. The molecule has 0 aliphatic rings. The molecule has 3 rings (SSSR count). The largest absolute Gasteiger partial charge is 0.464 e. The molecular formula is C23H28O2. The molecule has 2 nitrogen and oxygen atoms in total. The molecule has 0 N–H and O–H groups in total. The van der Waals surface area contributed by atoms with Crippen molar-refractivity contribution in [2.45, 2.75) is 58.3 Å². The Kier molecular flexibility index (Phi) is 4.40. The van der Waals surface area contributed by atoms with Gasteiger partial charge in [-0.2, -0.15) is 0 Å². The number of hydrogen-bond donors (Lipinski definition) is 0. The Morgan fingerprint density at radius 2 is 1.04 bits per heavy atom. The Balaban J connectivity index is 2.08. The standard InChI is InChI=1S/C23H28O2/c1-22(2,3)19-14-12-17(24-19)21(16-10-8-7-9-11-16)18-13-15-20(25-18)23(4,5)6/h7-15,21H,1-6H3. The predicted molar refractivity (Wildman–Crippen MR) is 102 cm³/mol. The minimum atomic E-state index is -0.0339. The quantitative estimate of drug-likeness (QED) is 0.535. The van der Waals surface area contributed by atoms with Gasteiger partial charge in [0.25, 0.3) is 0 Å². The van der Waals surface area contributed by atoms with Crippen molar-refractivity contribution in [2.75, 3.05) is 0 Å². The van der Waals surface area contributed by atoms with Crippen molar-refractivity contribution in [1.82, 2.24) is 0 Å². The van der Waals surface area contributed by atoms with Crippen molar-refractivity contribution in [2.24, 2.45) is 0 Å². The monoisotopic (exact) mass is 336 g/mol. The molecule has 0 aliphatic carbocycles. The van der Waals surface area contributed by atoms with Crippen LogP contribution in [0.25, 0.3) is 0 Å². The lowest BCUT2D eigenvalue weighted by Crippen LogP contribution is -2.10. The van der Waals surface area contributed by atoms with Crippen molar-refractivity contribution in [1.29, 1.82) is 0 Å². The molecule has 2 heteroatoms. The van der Waals surface area contributed by atoms with Crippen molar-refractivity contribution in [3.05, 3.63) is 83.2 Å². The van der Waals surface area contributed by atoms with Gasteiger partial charge in [-0.1, -0.05) is 71.9 Å². The maximum absolute atomic E-state index is 6.25. The summed E-state index contributed by atoms with van der Waals surface area (Å²) in [6.45, 7) is 13.0. The van der Waals surface area contributed by atoms with E-state index in [0.29, 0.717) is 0 Å². The van der Waals surface area contributed by atoms with Crippen LogP contribution in [0.2, 0.25) is 0 Å². The van der Waals surface area contributed by atoms with Crippen LogP contribution in [0.1, 0.15) is 76.1 Å². The highest BCUT2D eigenvalue weighted by Crippen LogP contribution is 2.37. The summed E-state index contributed by atoms with van der Waals surface area (Å²) in [5.41, 5.74) is 1.14. The summed E-state index contributed by atoms with van der Waals surface area (Å²) >= 11 is 0. The lowest BCUT2D eigenvalue weighted by atomic mass is 9.93. The number of furan rings is 2. The van der Waals surface area contributed by atoms with E-state index in [1.54, 1.807) is 0 Å². The van der Waals surface area contributed by atoms with E-state index in [9.17, 15) is 0 Å². The Hall–Kier alpha value is -2.22. The van der Waals surface area contributed by atoms with Gasteiger partial charge in [0.1, 0.15) is 29.0 Å². The summed E-state index contributed by atoms with van der Waals surface area (Å²) in [5.74, 6) is 3.79. The Morgan fingerprint density at radius 1 is 0.600 bits per heavy atom. The van der Waals surface area contributed by atoms with Crippen LogP contribution >= 0.6 is 0 Å². The highest BCUT2D eigenvalue weighted by molar-refractivity contribution is 5.37. The average molecular weight is 336 g/mol. The summed E-state index contributed by atoms with van der Waals surface area (Å²) in [6, 6.07) is 18.7. The fraction of sp³-hybridized carbons (Fsp3) is 0.391. The molecule has 0 bridgehead atoms. The Labute approximate surface area is 150 Å². The van der Waals surface area contributed by atoms with Crippen LogP contribution in [0.3, 0.4) is 0 Å². The maximum atomic E-state index is 6.25. The summed E-state index contributed by atoms with van der Waals surface area (Å²) < 4.78 is 12.5. The predicted octanol–water partition coefficient (Wildman–Crippen LogP) is 6.65. The van der Waals surface area contributed by atoms with Crippen LogP contribution < -0.4 is 0 Å². The maximum Gasteiger partial charge on any atom is 0.119 e. The molecule has 0 fully saturated rings. The highest BCUT2D eigenvalue weighted by atomic mass is 16.4. The van der Waals surface area contributed by atoms with Gasteiger partial charge in [0.05, 0.1) is 0 Å². The molecule has 0 amide bonds. The Morgan fingerprint density at radius 3 is 1.40 bits per heavy atom. The average Bonchev–Trinajstić information content (AvgIpc) is 3.17. The fourth-order valence-corrected chi connectivity index (χ4v) is 2.94. The van der Waals surface area contributed by atoms with Crippen molar-refractivity contribution >= 4 is 0 Å². The summed E-state index contributed by atoms with van der Waals surface area (Å²) in [5, 5.41) is 0. The zero-order valence-corrected chi connectivity index (χ0v) is 16.1. The van der Waals surface area contributed by atoms with E-state index in [4.69, 9.17) is 8.83 Å². The van der Waals surface area contributed by atoms with Crippen LogP contribution in [0.5, 0.6) is 0 Å². The fourth-order valence-electron chi connectivity index (χ4n) is 2.94. The molecule has 25 heavy (non-hydrogen) atoms. The summed E-state index contributed by atoms with van der Waals surface area (Å²) in [7, 11) is 0. The number of benzene rings is 1. The van der Waals surface area contributed by atoms with Crippen LogP contribution in [-0.4, -0.2) is 0 Å². The zero-order chi connectivity index (χ0) is 18.2. The number of rotatable bonds is 3. The summed E-state index contributed by atoms with van der Waals surface area (Å²) in [6.07, 6.45) is 0. The van der Waals surface area contributed by atoms with Crippen molar-refractivity contribution in [3.8, 4) is 0 Å². The Bertz CT molecular complexity index is 771. The molecule has 2 heterocycles. The third-order valence-electron chi connectivity index (χ3n) is 4.43. The molecular weight excluding hydrogens is 308 g/mol. The molecule has 0 saturated heterocycles. The van der Waals surface area contributed by atoms with E-state index >= 15 is 0 Å². The van der Waals surface area contributed by atoms with E-state index < -0.39 is 0 Å². The van der Waals surface area contributed by atoms with Crippen molar-refractivity contribution < 1.29 is 8.83 Å². The first-order valence-electron chi connectivity index (χ1n) is 8.91. The number of hydrogen-bond acceptors (Lipinski definition) is 2. The second-order valence-corrected chi connectivity index (χ2v) is 8.75. The molecule has 0 spiro atoms. The van der Waals surface area contributed by atoms with Gasteiger partial charge in [0.15, 0.2) is 0 Å². The third kappa shape index (κ3) is 3.73. The molecule has 132 valence electrons. The topological polar surface area (TPSA) is 26.3 Å². The second-order valence-electron chi connectivity index (χ2n) is 8.75. The third-order valence-corrected chi connectivity index (χ3v) is 4.43. The van der Waals surface area contributed by atoms with E-state index in [-0.39, 0.29) is 16.7 Å². The normalized spacial score (nSPS) is 12.8. The van der Waals surface area contributed by atoms with Crippen LogP contribution in [0.4, 0.5) is 0 Å². The second kappa shape index (κ2) is 6.25. The van der Waals surface area contributed by atoms with Gasteiger partial charge in [-0.3, -0.25) is 0 Å². The highest BCUT2D eigenvalue weighted by Gasteiger charge is 2.28. The van der Waals surface area contributed by atoms with Gasteiger partial charge in [-0.25, -0.2) is 0 Å². The molecule has 0 aliphatic heterocycles. The molecule has 0 saturated carbocycles. The van der Waals surface area contributed by atoms with E-state index in [1.165, 1.54) is 5.56 Å². The molecule has 2 aromatic heterocycles. The van der Waals surface area contributed by atoms with Gasteiger partial charge < -0.3 is 8.83 Å². The van der Waals surface area contributed by atoms with Gasteiger partial charge >= 0.3 is 0 Å².